The minimum atomic E-state index is -1.31. The van der Waals surface area contributed by atoms with E-state index in [1.807, 2.05) is 66.0 Å². The molecule has 2 amide bonds. The van der Waals surface area contributed by atoms with E-state index in [1.54, 1.807) is 27.6 Å². The number of carbonyl (C=O) groups excluding carboxylic acids is 2. The second-order valence-electron chi connectivity index (χ2n) is 13.6. The van der Waals surface area contributed by atoms with E-state index >= 15 is 0 Å². The molecule has 3 aromatic rings. The molecule has 3 heterocycles. The van der Waals surface area contributed by atoms with Crippen molar-refractivity contribution in [2.24, 2.45) is 0 Å². The van der Waals surface area contributed by atoms with E-state index in [-0.39, 0.29) is 6.73 Å². The van der Waals surface area contributed by atoms with Crippen molar-refractivity contribution < 1.29 is 23.8 Å². The van der Waals surface area contributed by atoms with Crippen LogP contribution in [0.15, 0.2) is 17.5 Å². The van der Waals surface area contributed by atoms with Crippen LogP contribution in [0.25, 0.3) is 10.2 Å². The Kier molecular flexibility index (Phi) is 11.5. The second-order valence-corrected chi connectivity index (χ2v) is 22.2. The average molecular weight is 664 g/mol. The number of anilines is 1. The van der Waals surface area contributed by atoms with Crippen LogP contribution in [0.3, 0.4) is 0 Å². The fraction of sp³-hybridized carbons (Fsp3) is 0.581. The molecule has 0 aliphatic carbocycles. The Labute approximate surface area is 269 Å². The highest BCUT2D eigenvalue weighted by Gasteiger charge is 2.32. The zero-order chi connectivity index (χ0) is 32.2. The van der Waals surface area contributed by atoms with E-state index in [0.717, 1.165) is 36.6 Å². The van der Waals surface area contributed by atoms with E-state index < -0.39 is 37.5 Å². The SMILES string of the molecule is C#CC(Cc1sc2c(N(Cc3cccs3)C(=O)OC(C)(C)C)snc2c1C)N(COCC[Si](C)(C)C)C(=O)OC(C)(C)C. The van der Waals surface area contributed by atoms with Crippen molar-refractivity contribution >= 4 is 69.7 Å². The summed E-state index contributed by atoms with van der Waals surface area (Å²) in [4.78, 5) is 31.9. The Morgan fingerprint density at radius 1 is 1.09 bits per heavy atom. The maximum Gasteiger partial charge on any atom is 0.415 e. The number of aryl methyl sites for hydroxylation is 1. The summed E-state index contributed by atoms with van der Waals surface area (Å²) in [5.41, 5.74) is 0.478. The van der Waals surface area contributed by atoms with Crippen molar-refractivity contribution in [2.45, 2.75) is 104 Å². The summed E-state index contributed by atoms with van der Waals surface area (Å²) in [5, 5.41) is 2.72. The number of amides is 2. The first-order valence-electron chi connectivity index (χ1n) is 14.3. The van der Waals surface area contributed by atoms with Crippen LogP contribution in [0.4, 0.5) is 14.6 Å². The Morgan fingerprint density at radius 2 is 1.74 bits per heavy atom. The molecular weight excluding hydrogens is 619 g/mol. The average Bonchev–Trinajstić information content (AvgIpc) is 3.58. The molecule has 3 rings (SSSR count). The van der Waals surface area contributed by atoms with Crippen molar-refractivity contribution in [3.63, 3.8) is 0 Å². The topological polar surface area (TPSA) is 81.2 Å². The summed E-state index contributed by atoms with van der Waals surface area (Å²) >= 11 is 4.41. The quantitative estimate of drug-likeness (QED) is 0.0883. The fourth-order valence-electron chi connectivity index (χ4n) is 3.96. The van der Waals surface area contributed by atoms with Gasteiger partial charge in [-0.1, -0.05) is 31.6 Å². The zero-order valence-corrected chi connectivity index (χ0v) is 30.5. The Balaban J connectivity index is 1.93. The predicted octanol–water partition coefficient (Wildman–Crippen LogP) is 8.76. The van der Waals surface area contributed by atoms with Crippen molar-refractivity contribution in [3.8, 4) is 12.3 Å². The van der Waals surface area contributed by atoms with Gasteiger partial charge in [-0.15, -0.1) is 29.1 Å². The minimum absolute atomic E-state index is 0.0449. The molecule has 0 bridgehead atoms. The first-order valence-corrected chi connectivity index (χ1v) is 20.5. The predicted molar refractivity (Wildman–Crippen MR) is 182 cm³/mol. The number of carbonyl (C=O) groups is 2. The van der Waals surface area contributed by atoms with Gasteiger partial charge < -0.3 is 14.2 Å². The van der Waals surface area contributed by atoms with Gasteiger partial charge in [-0.2, -0.15) is 4.37 Å². The molecule has 8 nitrogen and oxygen atoms in total. The van der Waals surface area contributed by atoms with Crippen LogP contribution < -0.4 is 4.90 Å². The lowest BCUT2D eigenvalue weighted by Gasteiger charge is -2.31. The molecule has 236 valence electrons. The molecule has 12 heteroatoms. The number of rotatable bonds is 11. The maximum atomic E-state index is 13.4. The molecule has 0 aliphatic rings. The smallest absolute Gasteiger partial charge is 0.415 e. The number of fused-ring (bicyclic) bond motifs is 1. The molecule has 0 aromatic carbocycles. The molecule has 3 aromatic heterocycles. The van der Waals surface area contributed by atoms with Crippen LogP contribution in [0.5, 0.6) is 0 Å². The third-order valence-electron chi connectivity index (χ3n) is 6.19. The van der Waals surface area contributed by atoms with Crippen LogP contribution in [0.2, 0.25) is 25.7 Å². The van der Waals surface area contributed by atoms with Gasteiger partial charge >= 0.3 is 12.2 Å². The molecule has 1 unspecified atom stereocenters. The van der Waals surface area contributed by atoms with Crippen LogP contribution >= 0.6 is 34.2 Å². The van der Waals surface area contributed by atoms with Crippen LogP contribution in [-0.4, -0.2) is 60.1 Å². The molecule has 0 radical (unpaired) electrons. The van der Waals surface area contributed by atoms with Gasteiger partial charge in [0.25, 0.3) is 0 Å². The zero-order valence-electron chi connectivity index (χ0n) is 27.0. The lowest BCUT2D eigenvalue weighted by molar-refractivity contribution is -0.0183. The fourth-order valence-corrected chi connectivity index (χ4v) is 7.76. The van der Waals surface area contributed by atoms with Gasteiger partial charge in [0.2, 0.25) is 0 Å². The third-order valence-corrected chi connectivity index (χ3v) is 11.1. The van der Waals surface area contributed by atoms with Crippen LogP contribution in [0, 0.1) is 19.3 Å². The molecule has 43 heavy (non-hydrogen) atoms. The number of ether oxygens (including phenoxy) is 3. The number of nitrogens with zero attached hydrogens (tertiary/aromatic N) is 3. The van der Waals surface area contributed by atoms with Crippen molar-refractivity contribution in [3.05, 3.63) is 32.8 Å². The number of terminal acetylenes is 1. The monoisotopic (exact) mass is 663 g/mol. The van der Waals surface area contributed by atoms with Crippen LogP contribution in [-0.2, 0) is 27.2 Å². The lowest BCUT2D eigenvalue weighted by atomic mass is 10.1. The first kappa shape index (κ1) is 35.1. The number of hydrogen-bond donors (Lipinski definition) is 0. The minimum Gasteiger partial charge on any atom is -0.444 e. The van der Waals surface area contributed by atoms with Crippen molar-refractivity contribution in [1.82, 2.24) is 9.27 Å². The summed E-state index contributed by atoms with van der Waals surface area (Å²) < 4.78 is 23.1. The van der Waals surface area contributed by atoms with Gasteiger partial charge in [-0.05, 0) is 83.1 Å². The van der Waals surface area contributed by atoms with Gasteiger partial charge in [0.1, 0.15) is 34.5 Å². The van der Waals surface area contributed by atoms with Gasteiger partial charge in [0.15, 0.2) is 0 Å². The molecule has 0 spiro atoms. The Bertz CT molecular complexity index is 1420. The molecule has 0 saturated heterocycles. The summed E-state index contributed by atoms with van der Waals surface area (Å²) in [6, 6.07) is 4.35. The highest BCUT2D eigenvalue weighted by atomic mass is 32.1. The van der Waals surface area contributed by atoms with E-state index in [1.165, 1.54) is 16.4 Å². The molecule has 0 fully saturated rings. The van der Waals surface area contributed by atoms with Crippen molar-refractivity contribution in [2.75, 3.05) is 18.2 Å². The first-order chi connectivity index (χ1) is 19.9. The number of aromatic nitrogens is 1. The Morgan fingerprint density at radius 3 is 2.30 bits per heavy atom. The standard InChI is InChI=1S/C31H45N3O5S3Si/c1-12-22(34(29(36)39-31(6,7)8)20-37-15-17-43(9,10)11)18-24-21(2)25-26(41-24)27(42-32-25)33(19-23-14-13-16-40-23)28(35)38-30(3,4)5/h1,13-14,16,22H,15,17-20H2,2-11H3. The van der Waals surface area contributed by atoms with Crippen molar-refractivity contribution in [1.29, 1.82) is 0 Å². The summed E-state index contributed by atoms with van der Waals surface area (Å²) in [7, 11) is -1.31. The van der Waals surface area contributed by atoms with Gasteiger partial charge in [0.05, 0.1) is 11.2 Å². The molecular formula is C31H45N3O5S3Si. The lowest BCUT2D eigenvalue weighted by Crippen LogP contribution is -2.45. The van der Waals surface area contributed by atoms with E-state index in [4.69, 9.17) is 25.0 Å². The highest BCUT2D eigenvalue weighted by molar-refractivity contribution is 7.25. The Hall–Kier alpha value is -2.43. The van der Waals surface area contributed by atoms with Gasteiger partial charge in [0, 0.05) is 30.9 Å². The summed E-state index contributed by atoms with van der Waals surface area (Å²) in [5.74, 6) is 2.81. The summed E-state index contributed by atoms with van der Waals surface area (Å²) in [6.45, 7) is 20.9. The third kappa shape index (κ3) is 10.3. The van der Waals surface area contributed by atoms with E-state index in [0.29, 0.717) is 19.6 Å². The largest absolute Gasteiger partial charge is 0.444 e. The molecule has 0 aliphatic heterocycles. The van der Waals surface area contributed by atoms with Gasteiger partial charge in [-0.25, -0.2) is 9.59 Å². The van der Waals surface area contributed by atoms with E-state index in [2.05, 4.69) is 25.6 Å². The van der Waals surface area contributed by atoms with Gasteiger partial charge in [-0.3, -0.25) is 9.80 Å². The molecule has 0 N–H and O–H groups in total. The number of thiophene rings is 2. The second kappa shape index (κ2) is 14.1. The highest BCUT2D eigenvalue weighted by Crippen LogP contribution is 2.42. The van der Waals surface area contributed by atoms with E-state index in [9.17, 15) is 9.59 Å². The summed E-state index contributed by atoms with van der Waals surface area (Å²) in [6.07, 6.45) is 5.51. The maximum absolute atomic E-state index is 13.4. The van der Waals surface area contributed by atoms with Crippen LogP contribution in [0.1, 0.15) is 56.9 Å². The number of hydrogen-bond acceptors (Lipinski definition) is 9. The molecule has 0 saturated carbocycles. The normalized spacial score (nSPS) is 13.0. The molecule has 1 atom stereocenters.